The second-order valence-corrected chi connectivity index (χ2v) is 5.87. The molecule has 0 amide bonds. The van der Waals surface area contributed by atoms with Gasteiger partial charge < -0.3 is 14.8 Å². The minimum atomic E-state index is -0.939. The maximum atomic E-state index is 11.0. The predicted molar refractivity (Wildman–Crippen MR) is 86.0 cm³/mol. The molecule has 4 nitrogen and oxygen atoms in total. The summed E-state index contributed by atoms with van der Waals surface area (Å²) in [6.07, 6.45) is 0. The van der Waals surface area contributed by atoms with Crippen molar-refractivity contribution in [1.82, 2.24) is 5.32 Å². The molecule has 0 aliphatic heterocycles. The number of hydrogen-bond donors (Lipinski definition) is 2. The van der Waals surface area contributed by atoms with Gasteiger partial charge in [0.2, 0.25) is 0 Å². The van der Waals surface area contributed by atoms with Gasteiger partial charge >= 0.3 is 5.97 Å². The van der Waals surface area contributed by atoms with E-state index < -0.39 is 5.97 Å². The Morgan fingerprint density at radius 3 is 2.82 bits per heavy atom. The van der Waals surface area contributed by atoms with E-state index in [1.165, 1.54) is 4.88 Å². The monoisotopic (exact) mass is 313 g/mol. The molecule has 2 N–H and O–H groups in total. The fourth-order valence-corrected chi connectivity index (χ4v) is 2.83. The Hall–Kier alpha value is -2.37. The summed E-state index contributed by atoms with van der Waals surface area (Å²) in [5, 5.41) is 14.4. The van der Waals surface area contributed by atoms with Crippen molar-refractivity contribution in [1.29, 1.82) is 0 Å². The SMILES string of the molecule is O=C(O)c1cccc(-c2ccc(CNCc3cccs3)o2)c1. The van der Waals surface area contributed by atoms with Gasteiger partial charge in [0.1, 0.15) is 11.5 Å². The summed E-state index contributed by atoms with van der Waals surface area (Å²) >= 11 is 1.72. The number of carbonyl (C=O) groups is 1. The van der Waals surface area contributed by atoms with Crippen molar-refractivity contribution in [2.45, 2.75) is 13.1 Å². The van der Waals surface area contributed by atoms with Gasteiger partial charge in [-0.05, 0) is 35.7 Å². The molecule has 0 fully saturated rings. The van der Waals surface area contributed by atoms with Gasteiger partial charge in [-0.2, -0.15) is 0 Å². The second-order valence-electron chi connectivity index (χ2n) is 4.83. The van der Waals surface area contributed by atoms with Crippen molar-refractivity contribution < 1.29 is 14.3 Å². The van der Waals surface area contributed by atoms with Crippen LogP contribution in [0.25, 0.3) is 11.3 Å². The average Bonchev–Trinajstić information content (AvgIpc) is 3.19. The molecule has 1 aromatic carbocycles. The maximum absolute atomic E-state index is 11.0. The summed E-state index contributed by atoms with van der Waals surface area (Å²) in [6.45, 7) is 1.44. The van der Waals surface area contributed by atoms with Crippen LogP contribution in [0.5, 0.6) is 0 Å². The van der Waals surface area contributed by atoms with Gasteiger partial charge in [-0.3, -0.25) is 0 Å². The minimum Gasteiger partial charge on any atom is -0.478 e. The molecule has 2 heterocycles. The molecule has 0 unspecified atom stereocenters. The number of carboxylic acid groups (broad SMARTS) is 1. The van der Waals surface area contributed by atoms with Crippen LogP contribution < -0.4 is 5.32 Å². The Morgan fingerprint density at radius 2 is 2.05 bits per heavy atom. The topological polar surface area (TPSA) is 62.5 Å². The number of rotatable bonds is 6. The third-order valence-electron chi connectivity index (χ3n) is 3.23. The number of furan rings is 1. The van der Waals surface area contributed by atoms with Gasteiger partial charge in [0.15, 0.2) is 0 Å². The van der Waals surface area contributed by atoms with E-state index in [1.807, 2.05) is 24.3 Å². The van der Waals surface area contributed by atoms with Crippen molar-refractivity contribution in [3.05, 3.63) is 70.1 Å². The predicted octanol–water partition coefficient (Wildman–Crippen LogP) is 4.00. The van der Waals surface area contributed by atoms with E-state index in [0.717, 1.165) is 17.9 Å². The first kappa shape index (κ1) is 14.6. The highest BCUT2D eigenvalue weighted by Gasteiger charge is 2.08. The third kappa shape index (κ3) is 3.44. The molecule has 5 heteroatoms. The minimum absolute atomic E-state index is 0.256. The van der Waals surface area contributed by atoms with Crippen molar-refractivity contribution in [3.8, 4) is 11.3 Å². The zero-order chi connectivity index (χ0) is 15.4. The van der Waals surface area contributed by atoms with E-state index in [9.17, 15) is 4.79 Å². The molecule has 3 rings (SSSR count). The highest BCUT2D eigenvalue weighted by molar-refractivity contribution is 7.09. The highest BCUT2D eigenvalue weighted by atomic mass is 32.1. The molecule has 112 valence electrons. The molecule has 0 saturated heterocycles. The zero-order valence-electron chi connectivity index (χ0n) is 11.8. The van der Waals surface area contributed by atoms with Crippen LogP contribution >= 0.6 is 11.3 Å². The van der Waals surface area contributed by atoms with Gasteiger partial charge in [-0.1, -0.05) is 18.2 Å². The van der Waals surface area contributed by atoms with Crippen LogP contribution in [0.15, 0.2) is 58.3 Å². The summed E-state index contributed by atoms with van der Waals surface area (Å²) < 4.78 is 5.77. The molecular weight excluding hydrogens is 298 g/mol. The lowest BCUT2D eigenvalue weighted by molar-refractivity contribution is 0.0697. The molecule has 0 spiro atoms. The van der Waals surface area contributed by atoms with Crippen LogP contribution in [0.1, 0.15) is 21.0 Å². The lowest BCUT2D eigenvalue weighted by Crippen LogP contribution is -2.10. The van der Waals surface area contributed by atoms with Gasteiger partial charge in [-0.25, -0.2) is 4.79 Å². The second kappa shape index (κ2) is 6.60. The van der Waals surface area contributed by atoms with Gasteiger partial charge in [-0.15, -0.1) is 11.3 Å². The van der Waals surface area contributed by atoms with Crippen LogP contribution in [0, 0.1) is 0 Å². The Bertz CT molecular complexity index is 762. The van der Waals surface area contributed by atoms with Crippen molar-refractivity contribution in [2.24, 2.45) is 0 Å². The van der Waals surface area contributed by atoms with Crippen LogP contribution in [-0.4, -0.2) is 11.1 Å². The fraction of sp³-hybridized carbons (Fsp3) is 0.118. The van der Waals surface area contributed by atoms with Gasteiger partial charge in [0, 0.05) is 17.0 Å². The molecule has 2 aromatic heterocycles. The van der Waals surface area contributed by atoms with E-state index in [-0.39, 0.29) is 5.56 Å². The molecule has 22 heavy (non-hydrogen) atoms. The number of aromatic carboxylic acids is 1. The first-order valence-electron chi connectivity index (χ1n) is 6.88. The summed E-state index contributed by atoms with van der Waals surface area (Å²) in [7, 11) is 0. The molecular formula is C17H15NO3S. The van der Waals surface area contributed by atoms with Crippen LogP contribution in [0.4, 0.5) is 0 Å². The largest absolute Gasteiger partial charge is 0.478 e. The molecule has 0 saturated carbocycles. The summed E-state index contributed by atoms with van der Waals surface area (Å²) in [6, 6.07) is 14.6. The Balaban J connectivity index is 1.65. The lowest BCUT2D eigenvalue weighted by atomic mass is 10.1. The lowest BCUT2D eigenvalue weighted by Gasteiger charge is -2.01. The fourth-order valence-electron chi connectivity index (χ4n) is 2.16. The number of carboxylic acids is 1. The van der Waals surface area contributed by atoms with E-state index in [1.54, 1.807) is 29.5 Å². The van der Waals surface area contributed by atoms with Crippen molar-refractivity contribution in [3.63, 3.8) is 0 Å². The van der Waals surface area contributed by atoms with Crippen LogP contribution in [0.2, 0.25) is 0 Å². The van der Waals surface area contributed by atoms with Crippen LogP contribution in [-0.2, 0) is 13.1 Å². The van der Waals surface area contributed by atoms with Gasteiger partial charge in [0.25, 0.3) is 0 Å². The third-order valence-corrected chi connectivity index (χ3v) is 4.11. The zero-order valence-corrected chi connectivity index (χ0v) is 12.6. The number of nitrogens with one attached hydrogen (secondary N) is 1. The smallest absolute Gasteiger partial charge is 0.335 e. The number of hydrogen-bond acceptors (Lipinski definition) is 4. The van der Waals surface area contributed by atoms with Crippen LogP contribution in [0.3, 0.4) is 0 Å². The van der Waals surface area contributed by atoms with E-state index >= 15 is 0 Å². The Labute approximate surface area is 132 Å². The first-order chi connectivity index (χ1) is 10.7. The summed E-state index contributed by atoms with van der Waals surface area (Å²) in [5.74, 6) is 0.564. The quantitative estimate of drug-likeness (QED) is 0.722. The number of benzene rings is 1. The molecule has 0 bridgehead atoms. The normalized spacial score (nSPS) is 10.7. The Morgan fingerprint density at radius 1 is 1.14 bits per heavy atom. The van der Waals surface area contributed by atoms with Gasteiger partial charge in [0.05, 0.1) is 12.1 Å². The van der Waals surface area contributed by atoms with Crippen molar-refractivity contribution >= 4 is 17.3 Å². The maximum Gasteiger partial charge on any atom is 0.335 e. The summed E-state index contributed by atoms with van der Waals surface area (Å²) in [4.78, 5) is 12.3. The molecule has 0 atom stereocenters. The highest BCUT2D eigenvalue weighted by Crippen LogP contribution is 2.23. The standard InChI is InChI=1S/C17H15NO3S/c19-17(20)13-4-1-3-12(9-13)16-7-6-14(21-16)10-18-11-15-5-2-8-22-15/h1-9,18H,10-11H2,(H,19,20). The number of thiophene rings is 1. The Kier molecular flexibility index (Phi) is 4.37. The van der Waals surface area contributed by atoms with E-state index in [4.69, 9.17) is 9.52 Å². The molecule has 3 aromatic rings. The summed E-state index contributed by atoms with van der Waals surface area (Å²) in [5.41, 5.74) is 1.02. The molecule has 0 aliphatic carbocycles. The van der Waals surface area contributed by atoms with E-state index in [2.05, 4.69) is 16.8 Å². The molecule has 0 radical (unpaired) electrons. The molecule has 0 aliphatic rings. The average molecular weight is 313 g/mol. The first-order valence-corrected chi connectivity index (χ1v) is 7.76. The van der Waals surface area contributed by atoms with E-state index in [0.29, 0.717) is 12.3 Å². The van der Waals surface area contributed by atoms with Crippen molar-refractivity contribution in [2.75, 3.05) is 0 Å².